The van der Waals surface area contributed by atoms with Crippen LogP contribution < -0.4 is 10.1 Å². The standard InChI is InChI=1S/C15H23NO3/c1-15(2)10-13-9-12(3-4-14(13)19-15)11-16-5-7-18-8-6-17/h3-4,9,16-17H,5-8,10-11H2,1-2H3. The summed E-state index contributed by atoms with van der Waals surface area (Å²) in [5.41, 5.74) is 2.48. The minimum Gasteiger partial charge on any atom is -0.487 e. The van der Waals surface area contributed by atoms with Crippen LogP contribution in [0.5, 0.6) is 5.75 Å². The van der Waals surface area contributed by atoms with Gasteiger partial charge in [0.05, 0.1) is 19.8 Å². The molecule has 0 spiro atoms. The molecule has 0 saturated carbocycles. The summed E-state index contributed by atoms with van der Waals surface area (Å²) in [7, 11) is 0. The Kier molecular flexibility index (Phi) is 4.80. The number of aliphatic hydroxyl groups excluding tert-OH is 1. The van der Waals surface area contributed by atoms with E-state index in [4.69, 9.17) is 14.6 Å². The Morgan fingerprint density at radius 1 is 1.37 bits per heavy atom. The summed E-state index contributed by atoms with van der Waals surface area (Å²) < 4.78 is 11.0. The topological polar surface area (TPSA) is 50.7 Å². The van der Waals surface area contributed by atoms with Crippen molar-refractivity contribution in [3.8, 4) is 5.75 Å². The third kappa shape index (κ3) is 4.20. The zero-order valence-corrected chi connectivity index (χ0v) is 11.7. The van der Waals surface area contributed by atoms with Gasteiger partial charge in [-0.25, -0.2) is 0 Å². The highest BCUT2D eigenvalue weighted by Gasteiger charge is 2.29. The van der Waals surface area contributed by atoms with Gasteiger partial charge in [0.25, 0.3) is 0 Å². The average molecular weight is 265 g/mol. The van der Waals surface area contributed by atoms with Gasteiger partial charge in [-0.1, -0.05) is 12.1 Å². The van der Waals surface area contributed by atoms with Gasteiger partial charge in [-0.2, -0.15) is 0 Å². The second-order valence-electron chi connectivity index (χ2n) is 5.49. The lowest BCUT2D eigenvalue weighted by molar-refractivity contribution is 0.0938. The van der Waals surface area contributed by atoms with E-state index < -0.39 is 0 Å². The van der Waals surface area contributed by atoms with E-state index in [1.807, 2.05) is 0 Å². The monoisotopic (exact) mass is 265 g/mol. The quantitative estimate of drug-likeness (QED) is 0.734. The highest BCUT2D eigenvalue weighted by atomic mass is 16.5. The third-order valence-corrected chi connectivity index (χ3v) is 3.12. The number of nitrogens with one attached hydrogen (secondary N) is 1. The van der Waals surface area contributed by atoms with Crippen LogP contribution in [0.15, 0.2) is 18.2 Å². The molecule has 4 heteroatoms. The Labute approximate surface area is 114 Å². The number of aliphatic hydroxyl groups is 1. The maximum Gasteiger partial charge on any atom is 0.123 e. The predicted octanol–water partition coefficient (Wildman–Crippen LogP) is 1.50. The molecule has 0 amide bonds. The summed E-state index contributed by atoms with van der Waals surface area (Å²) in [6.45, 7) is 6.97. The van der Waals surface area contributed by atoms with Crippen molar-refractivity contribution in [3.63, 3.8) is 0 Å². The molecule has 0 fully saturated rings. The summed E-state index contributed by atoms with van der Waals surface area (Å²) in [5.74, 6) is 1.01. The van der Waals surface area contributed by atoms with Crippen LogP contribution in [0.2, 0.25) is 0 Å². The van der Waals surface area contributed by atoms with Crippen LogP contribution >= 0.6 is 0 Å². The summed E-state index contributed by atoms with van der Waals surface area (Å²) in [5, 5.41) is 11.9. The molecule has 1 aromatic rings. The van der Waals surface area contributed by atoms with E-state index in [-0.39, 0.29) is 12.2 Å². The van der Waals surface area contributed by atoms with E-state index in [0.717, 1.165) is 25.3 Å². The molecule has 0 aromatic heterocycles. The molecule has 106 valence electrons. The second kappa shape index (κ2) is 6.37. The fraction of sp³-hybridized carbons (Fsp3) is 0.600. The first-order valence-electron chi connectivity index (χ1n) is 6.81. The lowest BCUT2D eigenvalue weighted by Gasteiger charge is -2.16. The van der Waals surface area contributed by atoms with Gasteiger partial charge in [0.15, 0.2) is 0 Å². The van der Waals surface area contributed by atoms with Gasteiger partial charge in [-0.05, 0) is 31.0 Å². The van der Waals surface area contributed by atoms with Crippen molar-refractivity contribution in [1.82, 2.24) is 5.32 Å². The molecule has 0 unspecified atom stereocenters. The van der Waals surface area contributed by atoms with E-state index >= 15 is 0 Å². The predicted molar refractivity (Wildman–Crippen MR) is 74.5 cm³/mol. The maximum absolute atomic E-state index is 8.58. The number of benzene rings is 1. The molecule has 1 aliphatic rings. The molecule has 2 N–H and O–H groups in total. The zero-order chi connectivity index (χ0) is 13.7. The first kappa shape index (κ1) is 14.3. The van der Waals surface area contributed by atoms with Gasteiger partial charge in [0.2, 0.25) is 0 Å². The Morgan fingerprint density at radius 3 is 3.00 bits per heavy atom. The Morgan fingerprint density at radius 2 is 2.21 bits per heavy atom. The number of ether oxygens (including phenoxy) is 2. The van der Waals surface area contributed by atoms with E-state index in [1.54, 1.807) is 0 Å². The number of hydrogen-bond donors (Lipinski definition) is 2. The first-order valence-corrected chi connectivity index (χ1v) is 6.81. The van der Waals surface area contributed by atoms with Gasteiger partial charge in [-0.15, -0.1) is 0 Å². The molecule has 1 aromatic carbocycles. The lowest BCUT2D eigenvalue weighted by atomic mass is 10.0. The van der Waals surface area contributed by atoms with Gasteiger partial charge < -0.3 is 19.9 Å². The smallest absolute Gasteiger partial charge is 0.123 e. The van der Waals surface area contributed by atoms with Crippen molar-refractivity contribution >= 4 is 0 Å². The van der Waals surface area contributed by atoms with Crippen molar-refractivity contribution in [2.45, 2.75) is 32.4 Å². The van der Waals surface area contributed by atoms with Crippen molar-refractivity contribution in [3.05, 3.63) is 29.3 Å². The van der Waals surface area contributed by atoms with Crippen LogP contribution in [0.4, 0.5) is 0 Å². The zero-order valence-electron chi connectivity index (χ0n) is 11.7. The van der Waals surface area contributed by atoms with E-state index in [2.05, 4.69) is 37.4 Å². The lowest BCUT2D eigenvalue weighted by Crippen LogP contribution is -2.24. The van der Waals surface area contributed by atoms with Crippen LogP contribution in [0, 0.1) is 0 Å². The number of rotatable bonds is 7. The van der Waals surface area contributed by atoms with Crippen LogP contribution in [0.3, 0.4) is 0 Å². The third-order valence-electron chi connectivity index (χ3n) is 3.12. The van der Waals surface area contributed by atoms with Crippen LogP contribution in [-0.2, 0) is 17.7 Å². The van der Waals surface area contributed by atoms with E-state index in [1.165, 1.54) is 11.1 Å². The molecule has 1 heterocycles. The fourth-order valence-electron chi connectivity index (χ4n) is 2.32. The summed E-state index contributed by atoms with van der Waals surface area (Å²) in [6.07, 6.45) is 0.968. The summed E-state index contributed by atoms with van der Waals surface area (Å²) in [6, 6.07) is 6.37. The van der Waals surface area contributed by atoms with Gasteiger partial charge in [0.1, 0.15) is 11.4 Å². The summed E-state index contributed by atoms with van der Waals surface area (Å²) >= 11 is 0. The van der Waals surface area contributed by atoms with Crippen LogP contribution in [-0.4, -0.2) is 37.1 Å². The second-order valence-corrected chi connectivity index (χ2v) is 5.49. The average Bonchev–Trinajstić information content (AvgIpc) is 2.66. The minimum absolute atomic E-state index is 0.0769. The highest BCUT2D eigenvalue weighted by Crippen LogP contribution is 2.35. The van der Waals surface area contributed by atoms with Gasteiger partial charge in [0, 0.05) is 19.5 Å². The van der Waals surface area contributed by atoms with Crippen molar-refractivity contribution in [2.75, 3.05) is 26.4 Å². The summed E-state index contributed by atoms with van der Waals surface area (Å²) in [4.78, 5) is 0. The van der Waals surface area contributed by atoms with E-state index in [0.29, 0.717) is 13.2 Å². The van der Waals surface area contributed by atoms with Gasteiger partial charge >= 0.3 is 0 Å². The molecule has 0 bridgehead atoms. The fourth-order valence-corrected chi connectivity index (χ4v) is 2.32. The molecule has 0 saturated heterocycles. The molecule has 1 aliphatic heterocycles. The van der Waals surface area contributed by atoms with Crippen molar-refractivity contribution in [2.24, 2.45) is 0 Å². The molecule has 0 radical (unpaired) electrons. The minimum atomic E-state index is -0.0769. The van der Waals surface area contributed by atoms with Gasteiger partial charge in [-0.3, -0.25) is 0 Å². The van der Waals surface area contributed by atoms with Crippen molar-refractivity contribution < 1.29 is 14.6 Å². The van der Waals surface area contributed by atoms with Crippen molar-refractivity contribution in [1.29, 1.82) is 0 Å². The maximum atomic E-state index is 8.58. The molecule has 4 nitrogen and oxygen atoms in total. The van der Waals surface area contributed by atoms with E-state index in [9.17, 15) is 0 Å². The molecular weight excluding hydrogens is 242 g/mol. The molecular formula is C15H23NO3. The molecule has 0 aliphatic carbocycles. The largest absolute Gasteiger partial charge is 0.487 e. The Hall–Kier alpha value is -1.10. The molecule has 19 heavy (non-hydrogen) atoms. The normalized spacial score (nSPS) is 16.2. The van der Waals surface area contributed by atoms with Crippen LogP contribution in [0.1, 0.15) is 25.0 Å². The number of fused-ring (bicyclic) bond motifs is 1. The highest BCUT2D eigenvalue weighted by molar-refractivity contribution is 5.41. The molecule has 2 rings (SSSR count). The first-order chi connectivity index (χ1) is 9.11. The SMILES string of the molecule is CC1(C)Cc2cc(CNCCOCCO)ccc2O1. The number of hydrogen-bond acceptors (Lipinski definition) is 4. The molecule has 0 atom stereocenters. The Balaban J connectivity index is 1.77. The van der Waals surface area contributed by atoms with Crippen LogP contribution in [0.25, 0.3) is 0 Å². The Bertz CT molecular complexity index is 418.